The molecule has 0 bridgehead atoms. The van der Waals surface area contributed by atoms with Crippen LogP contribution in [0.15, 0.2) is 6.20 Å². The van der Waals surface area contributed by atoms with E-state index in [2.05, 4.69) is 51.7 Å². The molecule has 0 amide bonds. The Labute approximate surface area is 97.9 Å². The third kappa shape index (κ3) is 1.85. The van der Waals surface area contributed by atoms with E-state index >= 15 is 0 Å². The van der Waals surface area contributed by atoms with Crippen molar-refractivity contribution in [3.63, 3.8) is 0 Å². The monoisotopic (exact) mass is 303 g/mol. The quantitative estimate of drug-likeness (QED) is 0.872. The van der Waals surface area contributed by atoms with Crippen LogP contribution in [0.3, 0.4) is 0 Å². The van der Waals surface area contributed by atoms with Crippen molar-refractivity contribution in [1.82, 2.24) is 9.97 Å². The van der Waals surface area contributed by atoms with Gasteiger partial charge in [0.05, 0.1) is 3.57 Å². The number of hydrogen-bond acceptors (Lipinski definition) is 3. The van der Waals surface area contributed by atoms with Gasteiger partial charge >= 0.3 is 0 Å². The van der Waals surface area contributed by atoms with Gasteiger partial charge in [-0.05, 0) is 42.4 Å². The Morgan fingerprint density at radius 1 is 1.57 bits per heavy atom. The molecule has 1 fully saturated rings. The topological polar surface area (TPSA) is 37.8 Å². The molecule has 14 heavy (non-hydrogen) atoms. The van der Waals surface area contributed by atoms with E-state index in [0.717, 1.165) is 21.8 Å². The van der Waals surface area contributed by atoms with Gasteiger partial charge in [-0.1, -0.05) is 6.92 Å². The lowest BCUT2D eigenvalue weighted by Crippen LogP contribution is -2.11. The van der Waals surface area contributed by atoms with Crippen LogP contribution >= 0.6 is 22.6 Å². The van der Waals surface area contributed by atoms with Crippen LogP contribution in [0.25, 0.3) is 0 Å². The van der Waals surface area contributed by atoms with Gasteiger partial charge in [0.1, 0.15) is 11.6 Å². The number of nitrogens with zero attached hydrogens (tertiary/aromatic N) is 2. The molecule has 1 aromatic rings. The molecular weight excluding hydrogens is 289 g/mol. The molecule has 76 valence electrons. The molecule has 4 heteroatoms. The first-order chi connectivity index (χ1) is 6.65. The van der Waals surface area contributed by atoms with E-state index in [1.54, 1.807) is 0 Å². The van der Waals surface area contributed by atoms with Crippen LogP contribution in [0.4, 0.5) is 5.82 Å². The van der Waals surface area contributed by atoms with E-state index in [4.69, 9.17) is 0 Å². The van der Waals surface area contributed by atoms with E-state index in [-0.39, 0.29) is 5.41 Å². The number of rotatable bonds is 3. The van der Waals surface area contributed by atoms with Crippen LogP contribution in [0.5, 0.6) is 0 Å². The maximum Gasteiger partial charge on any atom is 0.143 e. The Kier molecular flexibility index (Phi) is 2.64. The summed E-state index contributed by atoms with van der Waals surface area (Å²) in [5, 5.41) is 3.26. The summed E-state index contributed by atoms with van der Waals surface area (Å²) >= 11 is 2.26. The second kappa shape index (κ2) is 3.64. The number of aromatic nitrogens is 2. The first-order valence-electron chi connectivity index (χ1n) is 4.92. The zero-order valence-corrected chi connectivity index (χ0v) is 10.6. The molecule has 1 aliphatic rings. The molecule has 1 N–H and O–H groups in total. The van der Waals surface area contributed by atoms with Gasteiger partial charge in [0, 0.05) is 18.2 Å². The summed E-state index contributed by atoms with van der Waals surface area (Å²) in [6.07, 6.45) is 4.35. The smallest absolute Gasteiger partial charge is 0.143 e. The second-order valence-electron chi connectivity index (χ2n) is 3.98. The van der Waals surface area contributed by atoms with Crippen molar-refractivity contribution in [3.8, 4) is 0 Å². The fourth-order valence-corrected chi connectivity index (χ4v) is 1.81. The minimum absolute atomic E-state index is 0.258. The Morgan fingerprint density at radius 2 is 2.29 bits per heavy atom. The Hall–Kier alpha value is -0.390. The molecule has 1 aromatic heterocycles. The van der Waals surface area contributed by atoms with Gasteiger partial charge in [0.2, 0.25) is 0 Å². The van der Waals surface area contributed by atoms with Gasteiger partial charge in [-0.2, -0.15) is 0 Å². The largest absolute Gasteiger partial charge is 0.369 e. The fourth-order valence-electron chi connectivity index (χ4n) is 1.36. The number of nitrogens with one attached hydrogen (secondary N) is 1. The fraction of sp³-hybridized carbons (Fsp3) is 0.600. The highest BCUT2D eigenvalue weighted by atomic mass is 127. The van der Waals surface area contributed by atoms with Gasteiger partial charge in [-0.25, -0.2) is 9.97 Å². The van der Waals surface area contributed by atoms with Gasteiger partial charge in [0.15, 0.2) is 0 Å². The minimum atomic E-state index is 0.258. The maximum atomic E-state index is 4.57. The molecule has 0 radical (unpaired) electrons. The normalized spacial score (nSPS) is 17.9. The van der Waals surface area contributed by atoms with Crippen LogP contribution in [-0.4, -0.2) is 16.5 Å². The van der Waals surface area contributed by atoms with Crippen LogP contribution in [0, 0.1) is 3.57 Å². The third-order valence-corrected chi connectivity index (χ3v) is 3.42. The summed E-state index contributed by atoms with van der Waals surface area (Å²) in [6, 6.07) is 0. The molecule has 3 nitrogen and oxygen atoms in total. The molecule has 0 aromatic carbocycles. The lowest BCUT2D eigenvalue weighted by Gasteiger charge is -2.10. The highest BCUT2D eigenvalue weighted by Gasteiger charge is 2.42. The van der Waals surface area contributed by atoms with E-state index < -0.39 is 0 Å². The zero-order valence-electron chi connectivity index (χ0n) is 8.47. The summed E-state index contributed by atoms with van der Waals surface area (Å²) in [4.78, 5) is 8.96. The summed E-state index contributed by atoms with van der Waals surface area (Å²) in [7, 11) is 0. The summed E-state index contributed by atoms with van der Waals surface area (Å²) in [6.45, 7) is 5.21. The van der Waals surface area contributed by atoms with Crippen molar-refractivity contribution in [2.45, 2.75) is 32.1 Å². The van der Waals surface area contributed by atoms with Crippen molar-refractivity contribution < 1.29 is 0 Å². The van der Waals surface area contributed by atoms with Crippen LogP contribution in [0.2, 0.25) is 0 Å². The molecule has 0 saturated heterocycles. The average molecular weight is 303 g/mol. The minimum Gasteiger partial charge on any atom is -0.369 e. The van der Waals surface area contributed by atoms with Crippen molar-refractivity contribution in [2.75, 3.05) is 11.9 Å². The van der Waals surface area contributed by atoms with Gasteiger partial charge in [-0.15, -0.1) is 0 Å². The van der Waals surface area contributed by atoms with E-state index in [1.165, 1.54) is 12.8 Å². The Morgan fingerprint density at radius 3 is 2.86 bits per heavy atom. The van der Waals surface area contributed by atoms with Crippen molar-refractivity contribution in [2.24, 2.45) is 0 Å². The molecule has 0 spiro atoms. The molecule has 1 heterocycles. The molecule has 0 aliphatic heterocycles. The molecule has 1 aliphatic carbocycles. The van der Waals surface area contributed by atoms with Crippen molar-refractivity contribution in [1.29, 1.82) is 0 Å². The van der Waals surface area contributed by atoms with E-state index in [1.807, 2.05) is 6.20 Å². The predicted octanol–water partition coefficient (Wildman–Crippen LogP) is 2.56. The zero-order chi connectivity index (χ0) is 10.2. The Balaban J connectivity index is 2.31. The molecule has 0 unspecified atom stereocenters. The van der Waals surface area contributed by atoms with Crippen LogP contribution in [0.1, 0.15) is 32.5 Å². The number of hydrogen-bond donors (Lipinski definition) is 1. The lowest BCUT2D eigenvalue weighted by atomic mass is 10.1. The number of anilines is 1. The lowest BCUT2D eigenvalue weighted by molar-refractivity contribution is 0.708. The Bertz CT molecular complexity index is 347. The van der Waals surface area contributed by atoms with Crippen LogP contribution in [-0.2, 0) is 5.41 Å². The van der Waals surface area contributed by atoms with Crippen molar-refractivity contribution >= 4 is 28.4 Å². The summed E-state index contributed by atoms with van der Waals surface area (Å²) in [5.41, 5.74) is 0.258. The van der Waals surface area contributed by atoms with Crippen LogP contribution < -0.4 is 5.32 Å². The predicted molar refractivity (Wildman–Crippen MR) is 65.5 cm³/mol. The van der Waals surface area contributed by atoms with Gasteiger partial charge in [0.25, 0.3) is 0 Å². The van der Waals surface area contributed by atoms with Crippen molar-refractivity contribution in [3.05, 3.63) is 15.6 Å². The highest BCUT2D eigenvalue weighted by molar-refractivity contribution is 14.1. The third-order valence-electron chi connectivity index (χ3n) is 2.63. The SMILES string of the molecule is CCNc1nc(C2(C)CC2)ncc1I. The van der Waals surface area contributed by atoms with Gasteiger partial charge in [-0.3, -0.25) is 0 Å². The van der Waals surface area contributed by atoms with E-state index in [9.17, 15) is 0 Å². The first-order valence-corrected chi connectivity index (χ1v) is 6.00. The standard InChI is InChI=1S/C10H14IN3/c1-3-12-8-7(11)6-13-9(14-8)10(2)4-5-10/h6H,3-5H2,1-2H3,(H,12,13,14). The maximum absolute atomic E-state index is 4.57. The average Bonchev–Trinajstić information content (AvgIpc) is 2.89. The van der Waals surface area contributed by atoms with E-state index in [0.29, 0.717) is 0 Å². The number of halogens is 1. The van der Waals surface area contributed by atoms with Gasteiger partial charge < -0.3 is 5.32 Å². The highest BCUT2D eigenvalue weighted by Crippen LogP contribution is 2.46. The second-order valence-corrected chi connectivity index (χ2v) is 5.14. The molecule has 1 saturated carbocycles. The first kappa shape index (κ1) is 10.1. The molecule has 2 rings (SSSR count). The molecular formula is C10H14IN3. The summed E-state index contributed by atoms with van der Waals surface area (Å²) < 4.78 is 1.09. The molecule has 0 atom stereocenters. The summed E-state index contributed by atoms with van der Waals surface area (Å²) in [5.74, 6) is 1.97.